The molecule has 1 saturated heterocycles. The highest BCUT2D eigenvalue weighted by Crippen LogP contribution is 2.24. The van der Waals surface area contributed by atoms with E-state index in [4.69, 9.17) is 16.3 Å². The molecule has 0 radical (unpaired) electrons. The minimum absolute atomic E-state index is 0.0196. The number of sulfonamides is 1. The van der Waals surface area contributed by atoms with Gasteiger partial charge in [0.1, 0.15) is 5.75 Å². The molecule has 0 atom stereocenters. The van der Waals surface area contributed by atoms with Gasteiger partial charge in [0.05, 0.1) is 18.5 Å². The molecule has 8 heteroatoms. The van der Waals surface area contributed by atoms with Gasteiger partial charge in [-0.2, -0.15) is 0 Å². The molecule has 0 unspecified atom stereocenters. The molecule has 1 aliphatic heterocycles. The Kier molecular flexibility index (Phi) is 7.26. The molecule has 0 bridgehead atoms. The van der Waals surface area contributed by atoms with Crippen LogP contribution in [0.5, 0.6) is 5.75 Å². The zero-order valence-electron chi connectivity index (χ0n) is 17.3. The fraction of sp³-hybridized carbons (Fsp3) is 0.409. The van der Waals surface area contributed by atoms with E-state index < -0.39 is 10.0 Å². The third kappa shape index (κ3) is 6.12. The van der Waals surface area contributed by atoms with Crippen molar-refractivity contribution < 1.29 is 17.9 Å². The number of rotatable bonds is 7. The number of halogens is 1. The van der Waals surface area contributed by atoms with Gasteiger partial charge in [0.25, 0.3) is 5.91 Å². The first kappa shape index (κ1) is 22.4. The van der Waals surface area contributed by atoms with E-state index in [-0.39, 0.29) is 19.1 Å². The van der Waals surface area contributed by atoms with Gasteiger partial charge in [0, 0.05) is 18.1 Å². The summed E-state index contributed by atoms with van der Waals surface area (Å²) in [4.78, 5) is 14.2. The van der Waals surface area contributed by atoms with Crippen molar-refractivity contribution in [1.82, 2.24) is 4.90 Å². The van der Waals surface area contributed by atoms with Gasteiger partial charge in [0.2, 0.25) is 10.0 Å². The molecule has 0 aromatic heterocycles. The Balaban J connectivity index is 1.63. The molecule has 3 rings (SSSR count). The molecule has 30 heavy (non-hydrogen) atoms. The minimum atomic E-state index is -3.49. The first-order chi connectivity index (χ1) is 14.2. The van der Waals surface area contributed by atoms with Crippen molar-refractivity contribution >= 4 is 33.2 Å². The summed E-state index contributed by atoms with van der Waals surface area (Å²) < 4.78 is 31.6. The van der Waals surface area contributed by atoms with E-state index in [0.717, 1.165) is 31.5 Å². The van der Waals surface area contributed by atoms with Crippen LogP contribution in [0.1, 0.15) is 25.3 Å². The zero-order chi connectivity index (χ0) is 21.7. The summed E-state index contributed by atoms with van der Waals surface area (Å²) in [6.45, 7) is 3.93. The Hall–Kier alpha value is -2.25. The standard InChI is InChI=1S/C22H27ClN2O4S/c1-17-11-13-24(14-12-17)22(26)16-29-21-9-7-20(8-10-21)25(30(2,27)28)15-18-3-5-19(23)6-4-18/h3-10,17H,11-16H2,1-2H3. The van der Waals surface area contributed by atoms with E-state index in [9.17, 15) is 13.2 Å². The number of ether oxygens (including phenoxy) is 1. The highest BCUT2D eigenvalue weighted by Gasteiger charge is 2.21. The van der Waals surface area contributed by atoms with E-state index in [1.54, 1.807) is 48.5 Å². The molecule has 0 spiro atoms. The van der Waals surface area contributed by atoms with E-state index >= 15 is 0 Å². The molecule has 1 amide bonds. The van der Waals surface area contributed by atoms with E-state index in [1.165, 1.54) is 10.6 Å². The summed E-state index contributed by atoms with van der Waals surface area (Å²) in [6.07, 6.45) is 3.22. The molecule has 162 valence electrons. The molecule has 6 nitrogen and oxygen atoms in total. The number of hydrogen-bond donors (Lipinski definition) is 0. The third-order valence-corrected chi connectivity index (χ3v) is 6.66. The molecular formula is C22H27ClN2O4S. The predicted octanol–water partition coefficient (Wildman–Crippen LogP) is 3.94. The number of nitrogens with zero attached hydrogens (tertiary/aromatic N) is 2. The zero-order valence-corrected chi connectivity index (χ0v) is 18.8. The average Bonchev–Trinajstić information content (AvgIpc) is 2.72. The molecule has 0 N–H and O–H groups in total. The molecule has 1 fully saturated rings. The number of carbonyl (C=O) groups excluding carboxylic acids is 1. The van der Waals surface area contributed by atoms with Crippen LogP contribution < -0.4 is 9.04 Å². The molecule has 0 saturated carbocycles. The van der Waals surface area contributed by atoms with Crippen LogP contribution in [-0.2, 0) is 21.4 Å². The van der Waals surface area contributed by atoms with E-state index in [2.05, 4.69) is 6.92 Å². The van der Waals surface area contributed by atoms with Crippen molar-refractivity contribution in [3.63, 3.8) is 0 Å². The van der Waals surface area contributed by atoms with Gasteiger partial charge in [-0.1, -0.05) is 30.7 Å². The number of carbonyl (C=O) groups is 1. The number of hydrogen-bond acceptors (Lipinski definition) is 4. The molecule has 1 aliphatic rings. The lowest BCUT2D eigenvalue weighted by Gasteiger charge is -2.30. The highest BCUT2D eigenvalue weighted by atomic mass is 35.5. The van der Waals surface area contributed by atoms with Crippen molar-refractivity contribution in [2.24, 2.45) is 5.92 Å². The van der Waals surface area contributed by atoms with Crippen molar-refractivity contribution in [3.05, 3.63) is 59.1 Å². The summed E-state index contributed by atoms with van der Waals surface area (Å²) in [6, 6.07) is 13.8. The van der Waals surface area contributed by atoms with Gasteiger partial charge in [-0.3, -0.25) is 9.10 Å². The lowest BCUT2D eigenvalue weighted by Crippen LogP contribution is -2.40. The maximum Gasteiger partial charge on any atom is 0.260 e. The fourth-order valence-corrected chi connectivity index (χ4v) is 4.37. The topological polar surface area (TPSA) is 66.9 Å². The Morgan fingerprint density at radius 1 is 1.10 bits per heavy atom. The highest BCUT2D eigenvalue weighted by molar-refractivity contribution is 7.92. The normalized spacial score (nSPS) is 15.1. The van der Waals surface area contributed by atoms with Crippen molar-refractivity contribution in [2.75, 3.05) is 30.3 Å². The van der Waals surface area contributed by atoms with E-state index in [1.807, 2.05) is 4.90 Å². The summed E-state index contributed by atoms with van der Waals surface area (Å²) in [5.41, 5.74) is 1.35. The number of amides is 1. The lowest BCUT2D eigenvalue weighted by atomic mass is 9.99. The van der Waals surface area contributed by atoms with Crippen LogP contribution in [0.25, 0.3) is 0 Å². The summed E-state index contributed by atoms with van der Waals surface area (Å²) in [7, 11) is -3.49. The van der Waals surface area contributed by atoms with Crippen LogP contribution in [-0.4, -0.2) is 45.2 Å². The SMILES string of the molecule is CC1CCN(C(=O)COc2ccc(N(Cc3ccc(Cl)cc3)S(C)(=O)=O)cc2)CC1. The smallest absolute Gasteiger partial charge is 0.260 e. The first-order valence-corrected chi connectivity index (χ1v) is 12.2. The van der Waals surface area contributed by atoms with Crippen LogP contribution >= 0.6 is 11.6 Å². The van der Waals surface area contributed by atoms with Gasteiger partial charge >= 0.3 is 0 Å². The second-order valence-corrected chi connectivity index (χ2v) is 10.1. The van der Waals surface area contributed by atoms with Crippen molar-refractivity contribution in [1.29, 1.82) is 0 Å². The quantitative estimate of drug-likeness (QED) is 0.640. The van der Waals surface area contributed by atoms with Crippen molar-refractivity contribution in [2.45, 2.75) is 26.3 Å². The largest absolute Gasteiger partial charge is 0.484 e. The number of piperidine rings is 1. The van der Waals surface area contributed by atoms with Gasteiger partial charge in [0.15, 0.2) is 6.61 Å². The van der Waals surface area contributed by atoms with Gasteiger partial charge in [-0.15, -0.1) is 0 Å². The maximum absolute atomic E-state index is 12.3. The number of likely N-dealkylation sites (tertiary alicyclic amines) is 1. The van der Waals surface area contributed by atoms with Gasteiger partial charge < -0.3 is 9.64 Å². The molecule has 2 aromatic rings. The predicted molar refractivity (Wildman–Crippen MR) is 119 cm³/mol. The lowest BCUT2D eigenvalue weighted by molar-refractivity contribution is -0.134. The summed E-state index contributed by atoms with van der Waals surface area (Å²) in [5, 5.41) is 0.597. The van der Waals surface area contributed by atoms with Crippen LogP contribution in [0.4, 0.5) is 5.69 Å². The second-order valence-electron chi connectivity index (χ2n) is 7.74. The fourth-order valence-electron chi connectivity index (χ4n) is 3.36. The van der Waals surface area contributed by atoms with Crippen LogP contribution in [0.2, 0.25) is 5.02 Å². The maximum atomic E-state index is 12.3. The Morgan fingerprint density at radius 2 is 1.70 bits per heavy atom. The van der Waals surface area contributed by atoms with Gasteiger partial charge in [-0.05, 0) is 60.7 Å². The third-order valence-electron chi connectivity index (χ3n) is 5.26. The Labute approximate surface area is 183 Å². The van der Waals surface area contributed by atoms with Gasteiger partial charge in [-0.25, -0.2) is 8.42 Å². The van der Waals surface area contributed by atoms with Crippen molar-refractivity contribution in [3.8, 4) is 5.75 Å². The number of benzene rings is 2. The summed E-state index contributed by atoms with van der Waals surface area (Å²) >= 11 is 5.91. The second kappa shape index (κ2) is 9.71. The van der Waals surface area contributed by atoms with Crippen LogP contribution in [0, 0.1) is 5.92 Å². The van der Waals surface area contributed by atoms with Crippen LogP contribution in [0.15, 0.2) is 48.5 Å². The molecule has 1 heterocycles. The average molecular weight is 451 g/mol. The summed E-state index contributed by atoms with van der Waals surface area (Å²) in [5.74, 6) is 1.16. The minimum Gasteiger partial charge on any atom is -0.484 e. The Bertz CT molecular complexity index is 954. The Morgan fingerprint density at radius 3 is 2.27 bits per heavy atom. The molecule has 0 aliphatic carbocycles. The molecule has 2 aromatic carbocycles. The monoisotopic (exact) mass is 450 g/mol. The van der Waals surface area contributed by atoms with Crippen LogP contribution in [0.3, 0.4) is 0 Å². The van der Waals surface area contributed by atoms with E-state index in [0.29, 0.717) is 22.4 Å². The molecular weight excluding hydrogens is 424 g/mol. The number of anilines is 1. The first-order valence-electron chi connectivity index (χ1n) is 9.95.